The number of carboxylic acid groups (broad SMARTS) is 1. The number of amides is 2. The molecule has 21 heavy (non-hydrogen) atoms. The Morgan fingerprint density at radius 2 is 1.67 bits per heavy atom. The predicted octanol–water partition coefficient (Wildman–Crippen LogP) is 2.19. The van der Waals surface area contributed by atoms with Gasteiger partial charge >= 0.3 is 12.0 Å². The fourth-order valence-corrected chi connectivity index (χ4v) is 2.05. The Balaban J connectivity index is 4.61. The van der Waals surface area contributed by atoms with Gasteiger partial charge in [0.1, 0.15) is 6.04 Å². The quantitative estimate of drug-likeness (QED) is 0.606. The van der Waals surface area contributed by atoms with Crippen LogP contribution in [-0.4, -0.2) is 54.9 Å². The smallest absolute Gasteiger partial charge is 0.326 e. The highest BCUT2D eigenvalue weighted by Gasteiger charge is 2.23. The average molecular weight is 302 g/mol. The maximum atomic E-state index is 12.3. The second-order valence-electron chi connectivity index (χ2n) is 6.17. The molecule has 6 nitrogen and oxygen atoms in total. The summed E-state index contributed by atoms with van der Waals surface area (Å²) in [4.78, 5) is 25.2. The maximum Gasteiger partial charge on any atom is 0.326 e. The van der Waals surface area contributed by atoms with Crippen molar-refractivity contribution < 1.29 is 19.4 Å². The molecule has 0 aromatic rings. The third kappa shape index (κ3) is 9.28. The SMILES string of the molecule is COCCCC(NC(=O)N(CC(C)C)CC(C)C)C(=O)O. The van der Waals surface area contributed by atoms with Gasteiger partial charge in [-0.3, -0.25) is 0 Å². The second kappa shape index (κ2) is 10.4. The molecule has 0 saturated heterocycles. The third-order valence-electron chi connectivity index (χ3n) is 2.90. The molecule has 0 fully saturated rings. The zero-order valence-corrected chi connectivity index (χ0v) is 13.9. The summed E-state index contributed by atoms with van der Waals surface area (Å²) in [5, 5.41) is 11.8. The highest BCUT2D eigenvalue weighted by Crippen LogP contribution is 2.06. The van der Waals surface area contributed by atoms with E-state index in [-0.39, 0.29) is 6.03 Å². The largest absolute Gasteiger partial charge is 0.480 e. The van der Waals surface area contributed by atoms with Crippen LogP contribution in [-0.2, 0) is 9.53 Å². The van der Waals surface area contributed by atoms with Gasteiger partial charge in [-0.2, -0.15) is 0 Å². The number of carbonyl (C=O) groups is 2. The fraction of sp³-hybridized carbons (Fsp3) is 0.867. The molecule has 0 aromatic carbocycles. The van der Waals surface area contributed by atoms with Crippen molar-refractivity contribution in [1.29, 1.82) is 0 Å². The van der Waals surface area contributed by atoms with E-state index in [0.717, 1.165) is 0 Å². The molecule has 0 aliphatic rings. The number of carbonyl (C=O) groups excluding carboxylic acids is 1. The van der Waals surface area contributed by atoms with E-state index < -0.39 is 12.0 Å². The lowest BCUT2D eigenvalue weighted by Crippen LogP contribution is -2.49. The molecule has 1 unspecified atom stereocenters. The van der Waals surface area contributed by atoms with E-state index in [1.165, 1.54) is 0 Å². The summed E-state index contributed by atoms with van der Waals surface area (Å²) >= 11 is 0. The Kier molecular flexibility index (Phi) is 9.78. The van der Waals surface area contributed by atoms with Gasteiger partial charge < -0.3 is 20.1 Å². The van der Waals surface area contributed by atoms with Gasteiger partial charge in [0.05, 0.1) is 0 Å². The lowest BCUT2D eigenvalue weighted by atomic mass is 10.1. The molecule has 0 aliphatic carbocycles. The van der Waals surface area contributed by atoms with Crippen LogP contribution in [0.15, 0.2) is 0 Å². The van der Waals surface area contributed by atoms with Crippen molar-refractivity contribution in [3.8, 4) is 0 Å². The topological polar surface area (TPSA) is 78.9 Å². The van der Waals surface area contributed by atoms with Crippen molar-refractivity contribution in [3.63, 3.8) is 0 Å². The summed E-state index contributed by atoms with van der Waals surface area (Å²) in [6.45, 7) is 9.87. The van der Waals surface area contributed by atoms with Gasteiger partial charge in [0, 0.05) is 26.8 Å². The molecule has 124 valence electrons. The number of urea groups is 1. The molecule has 2 N–H and O–H groups in total. The fourth-order valence-electron chi connectivity index (χ4n) is 2.05. The van der Waals surface area contributed by atoms with Gasteiger partial charge in [-0.1, -0.05) is 27.7 Å². The minimum Gasteiger partial charge on any atom is -0.480 e. The molecule has 0 rings (SSSR count). The number of nitrogens with zero attached hydrogens (tertiary/aromatic N) is 1. The number of ether oxygens (including phenoxy) is 1. The molecular formula is C15H30N2O4. The van der Waals surface area contributed by atoms with Crippen LogP contribution in [0.4, 0.5) is 4.79 Å². The monoisotopic (exact) mass is 302 g/mol. The summed E-state index contributed by atoms with van der Waals surface area (Å²) in [5.74, 6) is -0.328. The van der Waals surface area contributed by atoms with Crippen LogP contribution in [0.5, 0.6) is 0 Å². The van der Waals surface area contributed by atoms with Crippen molar-refractivity contribution >= 4 is 12.0 Å². The lowest BCUT2D eigenvalue weighted by Gasteiger charge is -2.28. The van der Waals surface area contributed by atoms with E-state index in [2.05, 4.69) is 5.32 Å². The lowest BCUT2D eigenvalue weighted by molar-refractivity contribution is -0.139. The molecule has 2 amide bonds. The summed E-state index contributed by atoms with van der Waals surface area (Å²) in [6.07, 6.45) is 0.966. The number of methoxy groups -OCH3 is 1. The standard InChI is InChI=1S/C15H30N2O4/c1-11(2)9-17(10-12(3)4)15(20)16-13(14(18)19)7-6-8-21-5/h11-13H,6-10H2,1-5H3,(H,16,20)(H,18,19). The minimum atomic E-state index is -1.01. The van der Waals surface area contributed by atoms with Crippen LogP contribution in [0, 0.1) is 11.8 Å². The minimum absolute atomic E-state index is 0.304. The number of carboxylic acids is 1. The Morgan fingerprint density at radius 3 is 2.05 bits per heavy atom. The van der Waals surface area contributed by atoms with Crippen LogP contribution < -0.4 is 5.32 Å². The van der Waals surface area contributed by atoms with Gasteiger partial charge in [-0.05, 0) is 24.7 Å². The number of nitrogens with one attached hydrogen (secondary N) is 1. The zero-order valence-electron chi connectivity index (χ0n) is 13.9. The van der Waals surface area contributed by atoms with Gasteiger partial charge in [-0.15, -0.1) is 0 Å². The average Bonchev–Trinajstić information content (AvgIpc) is 2.35. The van der Waals surface area contributed by atoms with Gasteiger partial charge in [-0.25, -0.2) is 9.59 Å². The first-order chi connectivity index (χ1) is 9.77. The third-order valence-corrected chi connectivity index (χ3v) is 2.90. The molecule has 0 heterocycles. The van der Waals surface area contributed by atoms with E-state index in [1.54, 1.807) is 12.0 Å². The van der Waals surface area contributed by atoms with Crippen molar-refractivity contribution in [2.45, 2.75) is 46.6 Å². The Morgan fingerprint density at radius 1 is 1.14 bits per heavy atom. The summed E-state index contributed by atoms with van der Waals surface area (Å²) in [6, 6.07) is -1.17. The van der Waals surface area contributed by atoms with E-state index in [0.29, 0.717) is 44.4 Å². The molecule has 0 spiro atoms. The Labute approximate surface area is 127 Å². The molecule has 0 aliphatic heterocycles. The molecular weight excluding hydrogens is 272 g/mol. The molecule has 1 atom stereocenters. The van der Waals surface area contributed by atoms with Gasteiger partial charge in [0.25, 0.3) is 0 Å². The summed E-state index contributed by atoms with van der Waals surface area (Å²) < 4.78 is 4.91. The highest BCUT2D eigenvalue weighted by molar-refractivity contribution is 5.82. The number of hydrogen-bond donors (Lipinski definition) is 2. The normalized spacial score (nSPS) is 12.5. The van der Waals surface area contributed by atoms with E-state index in [4.69, 9.17) is 4.74 Å². The Hall–Kier alpha value is -1.30. The van der Waals surface area contributed by atoms with Crippen LogP contribution in [0.25, 0.3) is 0 Å². The van der Waals surface area contributed by atoms with E-state index in [9.17, 15) is 14.7 Å². The van der Waals surface area contributed by atoms with Crippen molar-refractivity contribution in [3.05, 3.63) is 0 Å². The number of hydrogen-bond acceptors (Lipinski definition) is 3. The molecule has 6 heteroatoms. The summed E-state index contributed by atoms with van der Waals surface area (Å²) in [5.41, 5.74) is 0. The number of aliphatic carboxylic acids is 1. The number of rotatable bonds is 10. The van der Waals surface area contributed by atoms with Crippen molar-refractivity contribution in [2.24, 2.45) is 11.8 Å². The van der Waals surface area contributed by atoms with Gasteiger partial charge in [0.15, 0.2) is 0 Å². The highest BCUT2D eigenvalue weighted by atomic mass is 16.5. The van der Waals surface area contributed by atoms with Gasteiger partial charge in [0.2, 0.25) is 0 Å². The second-order valence-corrected chi connectivity index (χ2v) is 6.17. The maximum absolute atomic E-state index is 12.3. The van der Waals surface area contributed by atoms with Crippen LogP contribution in [0.1, 0.15) is 40.5 Å². The molecule has 0 bridgehead atoms. The van der Waals surface area contributed by atoms with Crippen LogP contribution in [0.2, 0.25) is 0 Å². The first kappa shape index (κ1) is 19.7. The first-order valence-electron chi connectivity index (χ1n) is 7.55. The molecule has 0 radical (unpaired) electrons. The van der Waals surface area contributed by atoms with Crippen LogP contribution >= 0.6 is 0 Å². The first-order valence-corrected chi connectivity index (χ1v) is 7.55. The Bertz CT molecular complexity index is 309. The van der Waals surface area contributed by atoms with Crippen molar-refractivity contribution in [2.75, 3.05) is 26.8 Å². The van der Waals surface area contributed by atoms with E-state index in [1.807, 2.05) is 27.7 Å². The molecule has 0 aromatic heterocycles. The summed E-state index contributed by atoms with van der Waals surface area (Å²) in [7, 11) is 1.57. The van der Waals surface area contributed by atoms with E-state index >= 15 is 0 Å². The zero-order chi connectivity index (χ0) is 16.4. The van der Waals surface area contributed by atoms with Crippen molar-refractivity contribution in [1.82, 2.24) is 10.2 Å². The predicted molar refractivity (Wildman–Crippen MR) is 82.3 cm³/mol. The van der Waals surface area contributed by atoms with Crippen LogP contribution in [0.3, 0.4) is 0 Å². The molecule has 0 saturated carbocycles.